The lowest BCUT2D eigenvalue weighted by Gasteiger charge is -2.15. The molecule has 6 heteroatoms. The van der Waals surface area contributed by atoms with Crippen LogP contribution in [-0.2, 0) is 0 Å². The number of nitro groups is 1. The highest BCUT2D eigenvalue weighted by molar-refractivity contribution is 5.47. The van der Waals surface area contributed by atoms with Crippen molar-refractivity contribution in [3.05, 3.63) is 63.2 Å². The van der Waals surface area contributed by atoms with Crippen molar-refractivity contribution >= 4 is 5.69 Å². The predicted octanol–water partition coefficient (Wildman–Crippen LogP) is 3.00. The fourth-order valence-corrected chi connectivity index (χ4v) is 2.27. The van der Waals surface area contributed by atoms with Crippen molar-refractivity contribution < 1.29 is 19.5 Å². The van der Waals surface area contributed by atoms with E-state index in [4.69, 9.17) is 9.47 Å². The molecule has 0 aliphatic carbocycles. The average molecular weight is 303 g/mol. The van der Waals surface area contributed by atoms with Gasteiger partial charge >= 0.3 is 0 Å². The van der Waals surface area contributed by atoms with Crippen LogP contribution in [0, 0.1) is 17.0 Å². The molecule has 6 nitrogen and oxygen atoms in total. The molecule has 1 atom stereocenters. The summed E-state index contributed by atoms with van der Waals surface area (Å²) in [6.45, 7) is 1.64. The van der Waals surface area contributed by atoms with Crippen LogP contribution in [0.15, 0.2) is 36.4 Å². The Morgan fingerprint density at radius 3 is 2.18 bits per heavy atom. The molecule has 0 aliphatic rings. The second-order valence-corrected chi connectivity index (χ2v) is 4.82. The molecule has 0 bridgehead atoms. The third kappa shape index (κ3) is 3.01. The number of ether oxygens (including phenoxy) is 2. The normalized spacial score (nSPS) is 11.8. The zero-order valence-electron chi connectivity index (χ0n) is 12.6. The first-order valence-corrected chi connectivity index (χ1v) is 6.63. The van der Waals surface area contributed by atoms with Crippen LogP contribution in [0.2, 0.25) is 0 Å². The Morgan fingerprint density at radius 1 is 1.05 bits per heavy atom. The van der Waals surface area contributed by atoms with Crippen LogP contribution in [0.4, 0.5) is 5.69 Å². The van der Waals surface area contributed by atoms with Gasteiger partial charge in [-0.25, -0.2) is 0 Å². The molecule has 116 valence electrons. The molecule has 0 aliphatic heterocycles. The summed E-state index contributed by atoms with van der Waals surface area (Å²) < 4.78 is 10.4. The number of aryl methyl sites for hydroxylation is 1. The van der Waals surface area contributed by atoms with Gasteiger partial charge < -0.3 is 14.6 Å². The van der Waals surface area contributed by atoms with E-state index >= 15 is 0 Å². The van der Waals surface area contributed by atoms with E-state index in [0.717, 1.165) is 0 Å². The molecule has 0 amide bonds. The fourth-order valence-electron chi connectivity index (χ4n) is 2.27. The summed E-state index contributed by atoms with van der Waals surface area (Å²) in [6, 6.07) is 9.67. The Hall–Kier alpha value is -2.60. The van der Waals surface area contributed by atoms with E-state index in [0.29, 0.717) is 28.2 Å². The van der Waals surface area contributed by atoms with Gasteiger partial charge in [-0.1, -0.05) is 6.07 Å². The van der Waals surface area contributed by atoms with E-state index in [1.54, 1.807) is 37.3 Å². The number of nitrogens with zero attached hydrogens (tertiary/aromatic N) is 1. The minimum absolute atomic E-state index is 0.0308. The summed E-state index contributed by atoms with van der Waals surface area (Å²) in [4.78, 5) is 10.4. The molecule has 1 N–H and O–H groups in total. The summed E-state index contributed by atoms with van der Waals surface area (Å²) in [7, 11) is 3.05. The number of rotatable bonds is 5. The van der Waals surface area contributed by atoms with E-state index in [2.05, 4.69) is 0 Å². The van der Waals surface area contributed by atoms with Crippen LogP contribution < -0.4 is 9.47 Å². The smallest absolute Gasteiger partial charge is 0.272 e. The first-order chi connectivity index (χ1) is 10.5. The van der Waals surface area contributed by atoms with Crippen molar-refractivity contribution in [2.24, 2.45) is 0 Å². The Kier molecular flexibility index (Phi) is 4.62. The quantitative estimate of drug-likeness (QED) is 0.678. The standard InChI is InChI=1S/C16H17NO5/c1-10-8-11(4-6-13(10)17(19)20)16(18)12-5-7-14(21-2)15(9-12)22-3/h4-9,16,18H,1-3H3. The predicted molar refractivity (Wildman–Crippen MR) is 81.4 cm³/mol. The van der Waals surface area contributed by atoms with Gasteiger partial charge in [0, 0.05) is 11.6 Å². The van der Waals surface area contributed by atoms with Crippen LogP contribution in [0.25, 0.3) is 0 Å². The van der Waals surface area contributed by atoms with Gasteiger partial charge in [-0.3, -0.25) is 10.1 Å². The molecule has 0 saturated heterocycles. The van der Waals surface area contributed by atoms with Crippen molar-refractivity contribution in [1.29, 1.82) is 0 Å². The van der Waals surface area contributed by atoms with Gasteiger partial charge in [-0.2, -0.15) is 0 Å². The molecule has 2 rings (SSSR count). The van der Waals surface area contributed by atoms with Crippen molar-refractivity contribution in [2.75, 3.05) is 14.2 Å². The zero-order valence-corrected chi connectivity index (χ0v) is 12.6. The van der Waals surface area contributed by atoms with Crippen LogP contribution >= 0.6 is 0 Å². The highest BCUT2D eigenvalue weighted by Gasteiger charge is 2.17. The maximum atomic E-state index is 10.8. The summed E-state index contributed by atoms with van der Waals surface area (Å²) in [5.41, 5.74) is 1.73. The first-order valence-electron chi connectivity index (χ1n) is 6.63. The molecule has 2 aromatic rings. The third-order valence-electron chi connectivity index (χ3n) is 3.46. The van der Waals surface area contributed by atoms with E-state index in [1.807, 2.05) is 0 Å². The molecule has 0 radical (unpaired) electrons. The lowest BCUT2D eigenvalue weighted by atomic mass is 9.99. The number of hydrogen-bond donors (Lipinski definition) is 1. The van der Waals surface area contributed by atoms with Crippen molar-refractivity contribution in [2.45, 2.75) is 13.0 Å². The monoisotopic (exact) mass is 303 g/mol. The van der Waals surface area contributed by atoms with Crippen LogP contribution in [-0.4, -0.2) is 24.2 Å². The number of aliphatic hydroxyl groups excluding tert-OH is 1. The number of hydrogen-bond acceptors (Lipinski definition) is 5. The Labute approximate surface area is 128 Å². The topological polar surface area (TPSA) is 81.8 Å². The van der Waals surface area contributed by atoms with Gasteiger partial charge in [0.15, 0.2) is 11.5 Å². The zero-order chi connectivity index (χ0) is 16.3. The molecule has 0 aromatic heterocycles. The number of benzene rings is 2. The average Bonchev–Trinajstić information content (AvgIpc) is 2.52. The largest absolute Gasteiger partial charge is 0.493 e. The van der Waals surface area contributed by atoms with Crippen molar-refractivity contribution in [3.63, 3.8) is 0 Å². The third-order valence-corrected chi connectivity index (χ3v) is 3.46. The lowest BCUT2D eigenvalue weighted by Crippen LogP contribution is -2.02. The van der Waals surface area contributed by atoms with Gasteiger partial charge in [-0.05, 0) is 42.3 Å². The Morgan fingerprint density at radius 2 is 1.64 bits per heavy atom. The molecule has 2 aromatic carbocycles. The lowest BCUT2D eigenvalue weighted by molar-refractivity contribution is -0.385. The molecule has 0 spiro atoms. The summed E-state index contributed by atoms with van der Waals surface area (Å²) in [5.74, 6) is 1.08. The van der Waals surface area contributed by atoms with Crippen molar-refractivity contribution in [3.8, 4) is 11.5 Å². The second kappa shape index (κ2) is 6.44. The van der Waals surface area contributed by atoms with Crippen LogP contribution in [0.5, 0.6) is 11.5 Å². The van der Waals surface area contributed by atoms with E-state index in [1.165, 1.54) is 20.3 Å². The number of aliphatic hydroxyl groups is 1. The fraction of sp³-hybridized carbons (Fsp3) is 0.250. The second-order valence-electron chi connectivity index (χ2n) is 4.82. The molecule has 1 unspecified atom stereocenters. The van der Waals surface area contributed by atoms with Crippen LogP contribution in [0.1, 0.15) is 22.8 Å². The van der Waals surface area contributed by atoms with Gasteiger partial charge in [0.1, 0.15) is 6.10 Å². The Balaban J connectivity index is 2.37. The maximum Gasteiger partial charge on any atom is 0.272 e. The van der Waals surface area contributed by atoms with E-state index < -0.39 is 11.0 Å². The number of methoxy groups -OCH3 is 2. The highest BCUT2D eigenvalue weighted by Crippen LogP contribution is 2.33. The van der Waals surface area contributed by atoms with E-state index in [-0.39, 0.29) is 5.69 Å². The SMILES string of the molecule is COc1ccc(C(O)c2ccc([N+](=O)[O-])c(C)c2)cc1OC. The molecular weight excluding hydrogens is 286 g/mol. The molecular formula is C16H17NO5. The number of nitro benzene ring substituents is 1. The molecule has 0 fully saturated rings. The van der Waals surface area contributed by atoms with Crippen LogP contribution in [0.3, 0.4) is 0 Å². The summed E-state index contributed by atoms with van der Waals surface area (Å²) >= 11 is 0. The molecule has 22 heavy (non-hydrogen) atoms. The van der Waals surface area contributed by atoms with Gasteiger partial charge in [0.25, 0.3) is 5.69 Å². The molecule has 0 saturated carbocycles. The van der Waals surface area contributed by atoms with E-state index in [9.17, 15) is 15.2 Å². The highest BCUT2D eigenvalue weighted by atomic mass is 16.6. The molecule has 0 heterocycles. The first kappa shape index (κ1) is 15.8. The summed E-state index contributed by atoms with van der Waals surface area (Å²) in [6.07, 6.45) is -0.903. The summed E-state index contributed by atoms with van der Waals surface area (Å²) in [5, 5.41) is 21.3. The van der Waals surface area contributed by atoms with Gasteiger partial charge in [0.2, 0.25) is 0 Å². The van der Waals surface area contributed by atoms with Crippen molar-refractivity contribution in [1.82, 2.24) is 0 Å². The minimum Gasteiger partial charge on any atom is -0.493 e. The minimum atomic E-state index is -0.903. The van der Waals surface area contributed by atoms with Gasteiger partial charge in [0.05, 0.1) is 19.1 Å². The Bertz CT molecular complexity index is 699. The maximum absolute atomic E-state index is 10.8. The van der Waals surface area contributed by atoms with Gasteiger partial charge in [-0.15, -0.1) is 0 Å².